The molecule has 8 atom stereocenters. The molecule has 270 valence electrons. The maximum Gasteiger partial charge on any atom is 0.407 e. The molecule has 0 aliphatic carbocycles. The molecule has 0 aromatic heterocycles. The molecule has 2 saturated heterocycles. The molecule has 2 fully saturated rings. The first-order valence-corrected chi connectivity index (χ1v) is 17.4. The van der Waals surface area contributed by atoms with Crippen LogP contribution in [0.2, 0.25) is 5.02 Å². The van der Waals surface area contributed by atoms with E-state index in [0.717, 1.165) is 11.1 Å². The van der Waals surface area contributed by atoms with Crippen LogP contribution < -0.4 is 15.0 Å². The van der Waals surface area contributed by atoms with Gasteiger partial charge in [0.05, 0.1) is 37.5 Å². The third-order valence-corrected chi connectivity index (χ3v) is 10.4. The van der Waals surface area contributed by atoms with Crippen molar-refractivity contribution in [2.75, 3.05) is 39.0 Å². The van der Waals surface area contributed by atoms with Crippen molar-refractivity contribution in [3.8, 4) is 5.75 Å². The van der Waals surface area contributed by atoms with Gasteiger partial charge in [0.2, 0.25) is 11.8 Å². The number of epoxide rings is 1. The predicted octanol–water partition coefficient (Wildman–Crippen LogP) is 4.51. The Bertz CT molecular complexity index is 1490. The van der Waals surface area contributed by atoms with Gasteiger partial charge in [-0.25, -0.2) is 9.59 Å². The van der Waals surface area contributed by atoms with Crippen molar-refractivity contribution in [3.63, 3.8) is 0 Å². The number of hydrogen-bond acceptors (Lipinski definition) is 10. The standard InChI is InChI=1S/C35H48ClN3O9S/c1-19-10-9-11-25(44-7)23-17-26(46-34(43)37-23)20(2)32-35(4,48-32)28(47-33(42)21(3)38(5)29(40)12-13-49)18-30(41)39(6)24-15-22(14-19)16-27(45-8)31(24)36/h9-11,15-16,20-21,23,25-26,28,32,49H,12-14,17-18H2,1-8H3,(H,37,43)/b11-9+,19-10+/t20-,21+,23-,25-,26+,28+,32+,35?/m1/s1. The lowest BCUT2D eigenvalue weighted by Gasteiger charge is -2.36. The van der Waals surface area contributed by atoms with E-state index in [-0.39, 0.29) is 35.7 Å². The highest BCUT2D eigenvalue weighted by Gasteiger charge is 2.64. The summed E-state index contributed by atoms with van der Waals surface area (Å²) in [5.41, 5.74) is 1.19. The van der Waals surface area contributed by atoms with Crippen molar-refractivity contribution >= 4 is 53.8 Å². The van der Waals surface area contributed by atoms with Crippen LogP contribution in [-0.2, 0) is 39.8 Å². The van der Waals surface area contributed by atoms with Crippen molar-refractivity contribution < 1.29 is 42.9 Å². The van der Waals surface area contributed by atoms with Crippen LogP contribution in [0.4, 0.5) is 10.5 Å². The van der Waals surface area contributed by atoms with E-state index >= 15 is 0 Å². The molecule has 3 aliphatic heterocycles. The summed E-state index contributed by atoms with van der Waals surface area (Å²) in [5.74, 6) is -0.958. The van der Waals surface area contributed by atoms with E-state index in [1.807, 2.05) is 44.2 Å². The number of esters is 1. The van der Waals surface area contributed by atoms with Crippen molar-refractivity contribution in [2.45, 2.75) is 95.5 Å². The van der Waals surface area contributed by atoms with E-state index < -0.39 is 54.0 Å². The summed E-state index contributed by atoms with van der Waals surface area (Å²) in [7, 11) is 6.21. The molecule has 3 heterocycles. The normalized spacial score (nSPS) is 31.2. The fraction of sp³-hybridized carbons (Fsp3) is 0.600. The number of ether oxygens (including phenoxy) is 5. The Balaban J connectivity index is 1.75. The lowest BCUT2D eigenvalue weighted by molar-refractivity contribution is -0.161. The molecule has 1 N–H and O–H groups in total. The molecule has 0 saturated carbocycles. The second kappa shape index (κ2) is 16.2. The van der Waals surface area contributed by atoms with Crippen LogP contribution in [0.5, 0.6) is 5.75 Å². The molecule has 3 aliphatic rings. The van der Waals surface area contributed by atoms with Gasteiger partial charge in [0.25, 0.3) is 0 Å². The molecule has 1 unspecified atom stereocenters. The molecular weight excluding hydrogens is 674 g/mol. The van der Waals surface area contributed by atoms with Gasteiger partial charge < -0.3 is 38.8 Å². The van der Waals surface area contributed by atoms with Crippen LogP contribution in [0.1, 0.15) is 52.5 Å². The Kier molecular flexibility index (Phi) is 12.7. The fourth-order valence-corrected chi connectivity index (χ4v) is 6.94. The van der Waals surface area contributed by atoms with Crippen molar-refractivity contribution in [3.05, 3.63) is 46.5 Å². The number of benzene rings is 1. The quantitative estimate of drug-likeness (QED) is 0.237. The number of methoxy groups -OCH3 is 2. The van der Waals surface area contributed by atoms with Crippen LogP contribution in [0.25, 0.3) is 0 Å². The van der Waals surface area contributed by atoms with E-state index in [4.69, 9.17) is 35.3 Å². The predicted molar refractivity (Wildman–Crippen MR) is 188 cm³/mol. The van der Waals surface area contributed by atoms with Gasteiger partial charge in [0.1, 0.15) is 34.6 Å². The van der Waals surface area contributed by atoms with Gasteiger partial charge >= 0.3 is 12.1 Å². The number of nitrogens with one attached hydrogen (secondary N) is 1. The number of allylic oxidation sites excluding steroid dienone is 3. The molecule has 12 nitrogen and oxygen atoms in total. The Morgan fingerprint density at radius 2 is 1.98 bits per heavy atom. The van der Waals surface area contributed by atoms with Gasteiger partial charge in [-0.2, -0.15) is 12.6 Å². The van der Waals surface area contributed by atoms with Crippen molar-refractivity contribution in [2.24, 2.45) is 5.92 Å². The molecule has 1 aromatic carbocycles. The zero-order valence-electron chi connectivity index (χ0n) is 29.4. The van der Waals surface area contributed by atoms with Crippen LogP contribution in [0, 0.1) is 5.92 Å². The van der Waals surface area contributed by atoms with Gasteiger partial charge in [0, 0.05) is 40.0 Å². The highest BCUT2D eigenvalue weighted by atomic mass is 35.5. The number of nitrogens with zero attached hydrogens (tertiary/aromatic N) is 2. The second-order valence-electron chi connectivity index (χ2n) is 13.2. The van der Waals surface area contributed by atoms with Gasteiger partial charge in [-0.3, -0.25) is 9.59 Å². The van der Waals surface area contributed by atoms with E-state index in [1.165, 1.54) is 24.0 Å². The molecule has 0 radical (unpaired) electrons. The largest absolute Gasteiger partial charge is 0.495 e. The minimum Gasteiger partial charge on any atom is -0.495 e. The fourth-order valence-electron chi connectivity index (χ4n) is 6.44. The van der Waals surface area contributed by atoms with Gasteiger partial charge in [0.15, 0.2) is 0 Å². The average molecular weight is 722 g/mol. The van der Waals surface area contributed by atoms with Crippen LogP contribution in [0.3, 0.4) is 0 Å². The summed E-state index contributed by atoms with van der Waals surface area (Å²) in [4.78, 5) is 55.6. The van der Waals surface area contributed by atoms with E-state index in [9.17, 15) is 19.2 Å². The number of hydrogen-bond donors (Lipinski definition) is 2. The summed E-state index contributed by atoms with van der Waals surface area (Å²) < 4.78 is 29.4. The van der Waals surface area contributed by atoms with Crippen LogP contribution >= 0.6 is 24.2 Å². The maximum atomic E-state index is 14.0. The molecule has 3 amide bonds. The highest BCUT2D eigenvalue weighted by molar-refractivity contribution is 7.80. The summed E-state index contributed by atoms with van der Waals surface area (Å²) in [6, 6.07) is 2.34. The summed E-state index contributed by atoms with van der Waals surface area (Å²) in [6.45, 7) is 7.22. The molecule has 0 spiro atoms. The number of fused-ring (bicyclic) bond motifs is 5. The number of likely N-dealkylation sites (N-methyl/N-ethyl adjacent to an activating group) is 1. The number of alkyl carbamates (subject to hydrolysis) is 1. The minimum absolute atomic E-state index is 0.151. The Labute approximate surface area is 298 Å². The number of halogens is 1. The number of anilines is 1. The van der Waals surface area contributed by atoms with Crippen LogP contribution in [-0.4, -0.2) is 105 Å². The first-order valence-electron chi connectivity index (χ1n) is 16.4. The molecule has 4 bridgehead atoms. The average Bonchev–Trinajstić information content (AvgIpc) is 3.77. The SMILES string of the molecule is COc1cc2cc(c1Cl)N(C)C(=O)C[C@H](OC(=O)[C@H](C)N(C)C(=O)CCS)C1(C)O[C@H]1[C@H](C)[C@@H]1C[C@@H](NC(=O)O1)[C@H](OC)/C=C/C=C(\C)C2. The molecule has 14 heteroatoms. The lowest BCUT2D eigenvalue weighted by atomic mass is 9.84. The zero-order chi connectivity index (χ0) is 36.2. The third kappa shape index (κ3) is 8.73. The van der Waals surface area contributed by atoms with Gasteiger partial charge in [-0.05, 0) is 50.6 Å². The Morgan fingerprint density at radius 1 is 1.27 bits per heavy atom. The molecule has 49 heavy (non-hydrogen) atoms. The summed E-state index contributed by atoms with van der Waals surface area (Å²) in [6.07, 6.45) is 3.45. The Morgan fingerprint density at radius 3 is 2.63 bits per heavy atom. The first kappa shape index (κ1) is 38.5. The second-order valence-corrected chi connectivity index (χ2v) is 14.0. The zero-order valence-corrected chi connectivity index (χ0v) is 31.0. The maximum absolute atomic E-state index is 14.0. The monoisotopic (exact) mass is 721 g/mol. The summed E-state index contributed by atoms with van der Waals surface area (Å²) in [5, 5.41) is 3.13. The number of carbonyl (C=O) groups excluding carboxylic acids is 4. The van der Waals surface area contributed by atoms with Crippen molar-refractivity contribution in [1.29, 1.82) is 0 Å². The highest BCUT2D eigenvalue weighted by Crippen LogP contribution is 2.49. The first-order chi connectivity index (χ1) is 23.1. The number of carbonyl (C=O) groups is 4. The van der Waals surface area contributed by atoms with Crippen LogP contribution in [0.15, 0.2) is 35.9 Å². The smallest absolute Gasteiger partial charge is 0.407 e. The molecular formula is C35H48ClN3O9S. The number of rotatable bonds is 7. The van der Waals surface area contributed by atoms with Crippen molar-refractivity contribution in [1.82, 2.24) is 10.2 Å². The summed E-state index contributed by atoms with van der Waals surface area (Å²) >= 11 is 10.9. The minimum atomic E-state index is -1.11. The Hall–Kier alpha value is -3.26. The molecule has 1 aromatic rings. The van der Waals surface area contributed by atoms with E-state index in [0.29, 0.717) is 30.0 Å². The van der Waals surface area contributed by atoms with Gasteiger partial charge in [-0.15, -0.1) is 0 Å². The molecule has 4 rings (SSSR count). The van der Waals surface area contributed by atoms with E-state index in [1.54, 1.807) is 28.0 Å². The van der Waals surface area contributed by atoms with Gasteiger partial charge in [-0.1, -0.05) is 42.3 Å². The number of amides is 3. The van der Waals surface area contributed by atoms with E-state index in [2.05, 4.69) is 17.9 Å². The number of thiol groups is 1. The lowest BCUT2D eigenvalue weighted by Crippen LogP contribution is -2.53. The third-order valence-electron chi connectivity index (χ3n) is 9.77. The topological polar surface area (TPSA) is 136 Å².